The van der Waals surface area contributed by atoms with Crippen LogP contribution in [0, 0.1) is 6.42 Å². The molecule has 0 aliphatic carbocycles. The van der Waals surface area contributed by atoms with E-state index in [2.05, 4.69) is 4.98 Å². The molecule has 14 heavy (non-hydrogen) atoms. The number of aromatic amines is 1. The number of aliphatic carboxylic acids is 1. The highest BCUT2D eigenvalue weighted by Crippen LogP contribution is 2.18. The average Bonchev–Trinajstić information content (AvgIpc) is 2.58. The van der Waals surface area contributed by atoms with Gasteiger partial charge in [0.25, 0.3) is 0 Å². The summed E-state index contributed by atoms with van der Waals surface area (Å²) in [7, 11) is 0. The third-order valence-corrected chi connectivity index (χ3v) is 2.17. The Morgan fingerprint density at radius 2 is 2.21 bits per heavy atom. The predicted octanol–water partition coefficient (Wildman–Crippen LogP) is 2.00. The summed E-state index contributed by atoms with van der Waals surface area (Å²) in [6, 6.07) is 7.85. The fraction of sp³-hybridized carbons (Fsp3) is 0.0909. The Morgan fingerprint density at radius 3 is 3.00 bits per heavy atom. The van der Waals surface area contributed by atoms with Crippen molar-refractivity contribution in [2.45, 2.75) is 6.42 Å². The van der Waals surface area contributed by atoms with Gasteiger partial charge in [-0.25, -0.2) is 0 Å². The minimum Gasteiger partial charge on any atom is -0.445 e. The number of fused-ring (bicyclic) bond motifs is 1. The SMILES string of the molecule is O=C(O)[CH+]Cc1c[nH]c2ccccc12. The molecule has 0 fully saturated rings. The van der Waals surface area contributed by atoms with Gasteiger partial charge in [0, 0.05) is 22.7 Å². The summed E-state index contributed by atoms with van der Waals surface area (Å²) >= 11 is 0. The number of benzene rings is 1. The maximum Gasteiger partial charge on any atom is 0.494 e. The summed E-state index contributed by atoms with van der Waals surface area (Å²) < 4.78 is 0. The second kappa shape index (κ2) is 3.46. The second-order valence-corrected chi connectivity index (χ2v) is 3.11. The molecular formula is C11H10NO2+. The van der Waals surface area contributed by atoms with Gasteiger partial charge in [0.15, 0.2) is 6.42 Å². The lowest BCUT2D eigenvalue weighted by atomic mass is 10.1. The van der Waals surface area contributed by atoms with E-state index in [9.17, 15) is 4.79 Å². The van der Waals surface area contributed by atoms with E-state index in [0.29, 0.717) is 6.42 Å². The number of H-pyrrole nitrogens is 1. The highest BCUT2D eigenvalue weighted by atomic mass is 16.4. The molecule has 0 radical (unpaired) electrons. The Balaban J connectivity index is 2.29. The van der Waals surface area contributed by atoms with E-state index >= 15 is 0 Å². The molecule has 0 saturated carbocycles. The van der Waals surface area contributed by atoms with Crippen molar-refractivity contribution in [3.8, 4) is 0 Å². The van der Waals surface area contributed by atoms with E-state index in [1.807, 2.05) is 30.5 Å². The van der Waals surface area contributed by atoms with Crippen molar-refractivity contribution in [2.24, 2.45) is 0 Å². The smallest absolute Gasteiger partial charge is 0.445 e. The molecule has 2 rings (SSSR count). The standard InChI is InChI=1S/C11H9NO2/c13-11(14)6-5-8-7-12-10-4-2-1-3-9(8)10/h1-4,6-7,12H,5H2/p+1. The Morgan fingerprint density at radius 1 is 1.43 bits per heavy atom. The highest BCUT2D eigenvalue weighted by molar-refractivity contribution is 5.85. The lowest BCUT2D eigenvalue weighted by Crippen LogP contribution is -1.97. The number of nitrogens with one attached hydrogen (secondary N) is 1. The van der Waals surface area contributed by atoms with Crippen LogP contribution in [0.25, 0.3) is 10.9 Å². The first-order valence-corrected chi connectivity index (χ1v) is 4.38. The molecule has 0 atom stereocenters. The van der Waals surface area contributed by atoms with Crippen LogP contribution in [-0.4, -0.2) is 16.1 Å². The van der Waals surface area contributed by atoms with Crippen molar-refractivity contribution >= 4 is 16.9 Å². The highest BCUT2D eigenvalue weighted by Gasteiger charge is 2.13. The molecule has 0 spiro atoms. The van der Waals surface area contributed by atoms with Crippen LogP contribution in [0.5, 0.6) is 0 Å². The molecule has 2 N–H and O–H groups in total. The summed E-state index contributed by atoms with van der Waals surface area (Å²) in [6.45, 7) is 0. The zero-order valence-electron chi connectivity index (χ0n) is 7.53. The molecular weight excluding hydrogens is 178 g/mol. The maximum atomic E-state index is 10.4. The molecule has 0 unspecified atom stereocenters. The first-order valence-electron chi connectivity index (χ1n) is 4.38. The summed E-state index contributed by atoms with van der Waals surface area (Å²) in [5, 5.41) is 9.61. The molecule has 3 nitrogen and oxygen atoms in total. The summed E-state index contributed by atoms with van der Waals surface area (Å²) in [4.78, 5) is 13.5. The van der Waals surface area contributed by atoms with E-state index in [1.165, 1.54) is 6.42 Å². The summed E-state index contributed by atoms with van der Waals surface area (Å²) in [5.41, 5.74) is 2.06. The van der Waals surface area contributed by atoms with Crippen LogP contribution in [0.3, 0.4) is 0 Å². The van der Waals surface area contributed by atoms with Crippen molar-refractivity contribution in [1.82, 2.24) is 4.98 Å². The van der Waals surface area contributed by atoms with Crippen molar-refractivity contribution in [1.29, 1.82) is 0 Å². The van der Waals surface area contributed by atoms with Gasteiger partial charge in [-0.05, 0) is 6.07 Å². The maximum absolute atomic E-state index is 10.4. The zero-order chi connectivity index (χ0) is 9.97. The average molecular weight is 188 g/mol. The number of aromatic nitrogens is 1. The predicted molar refractivity (Wildman–Crippen MR) is 53.9 cm³/mol. The fourth-order valence-corrected chi connectivity index (χ4v) is 1.50. The Hall–Kier alpha value is -1.90. The van der Waals surface area contributed by atoms with Crippen LogP contribution >= 0.6 is 0 Å². The van der Waals surface area contributed by atoms with Crippen molar-refractivity contribution in [3.05, 3.63) is 42.4 Å². The van der Waals surface area contributed by atoms with Gasteiger partial charge in [-0.3, -0.25) is 0 Å². The number of hydrogen-bond acceptors (Lipinski definition) is 1. The summed E-state index contributed by atoms with van der Waals surface area (Å²) in [5.74, 6) is -0.879. The Bertz CT molecular complexity index is 459. The number of hydrogen-bond donors (Lipinski definition) is 2. The Labute approximate surface area is 81.4 Å². The lowest BCUT2D eigenvalue weighted by molar-refractivity contribution is -0.133. The number of rotatable bonds is 3. The molecule has 0 bridgehead atoms. The topological polar surface area (TPSA) is 53.1 Å². The van der Waals surface area contributed by atoms with Gasteiger partial charge in [0.2, 0.25) is 0 Å². The minimum absolute atomic E-state index is 0.458. The number of carboxylic acids is 1. The number of carboxylic acid groups (broad SMARTS) is 1. The summed E-state index contributed by atoms with van der Waals surface area (Å²) in [6.07, 6.45) is 3.57. The van der Waals surface area contributed by atoms with Crippen LogP contribution in [0.4, 0.5) is 0 Å². The molecule has 0 aliphatic heterocycles. The minimum atomic E-state index is -0.879. The molecule has 0 aliphatic rings. The van der Waals surface area contributed by atoms with Gasteiger partial charge in [-0.15, -0.1) is 0 Å². The van der Waals surface area contributed by atoms with Crippen molar-refractivity contribution in [3.63, 3.8) is 0 Å². The van der Waals surface area contributed by atoms with Crippen molar-refractivity contribution in [2.75, 3.05) is 0 Å². The van der Waals surface area contributed by atoms with E-state index in [4.69, 9.17) is 5.11 Å². The van der Waals surface area contributed by atoms with Gasteiger partial charge in [0.05, 0.1) is 0 Å². The Kier molecular flexibility index (Phi) is 2.14. The molecule has 0 amide bonds. The number of carbonyl (C=O) groups is 1. The molecule has 1 aromatic heterocycles. The fourth-order valence-electron chi connectivity index (χ4n) is 1.50. The first-order chi connectivity index (χ1) is 6.77. The van der Waals surface area contributed by atoms with Gasteiger partial charge < -0.3 is 10.1 Å². The molecule has 70 valence electrons. The van der Waals surface area contributed by atoms with E-state index in [1.54, 1.807) is 0 Å². The monoisotopic (exact) mass is 188 g/mol. The lowest BCUT2D eigenvalue weighted by Gasteiger charge is -1.89. The second-order valence-electron chi connectivity index (χ2n) is 3.11. The third-order valence-electron chi connectivity index (χ3n) is 2.17. The first kappa shape index (κ1) is 8.69. The van der Waals surface area contributed by atoms with E-state index < -0.39 is 5.97 Å². The molecule has 0 saturated heterocycles. The molecule has 3 heteroatoms. The zero-order valence-corrected chi connectivity index (χ0v) is 7.53. The quantitative estimate of drug-likeness (QED) is 0.724. The van der Waals surface area contributed by atoms with Crippen LogP contribution in [0.15, 0.2) is 30.5 Å². The van der Waals surface area contributed by atoms with Crippen LogP contribution in [0.2, 0.25) is 0 Å². The van der Waals surface area contributed by atoms with Crippen LogP contribution in [0.1, 0.15) is 5.56 Å². The molecule has 1 aromatic carbocycles. The van der Waals surface area contributed by atoms with Crippen LogP contribution < -0.4 is 0 Å². The van der Waals surface area contributed by atoms with Crippen molar-refractivity contribution < 1.29 is 9.90 Å². The molecule has 2 aromatic rings. The van der Waals surface area contributed by atoms with Gasteiger partial charge in [-0.2, -0.15) is 4.79 Å². The number of para-hydroxylation sites is 1. The normalized spacial score (nSPS) is 10.3. The van der Waals surface area contributed by atoms with Crippen LogP contribution in [-0.2, 0) is 11.2 Å². The molecule has 1 heterocycles. The van der Waals surface area contributed by atoms with Gasteiger partial charge in [-0.1, -0.05) is 18.2 Å². The van der Waals surface area contributed by atoms with Gasteiger partial charge in [0.1, 0.15) is 6.42 Å². The third kappa shape index (κ3) is 1.57. The van der Waals surface area contributed by atoms with E-state index in [0.717, 1.165) is 16.5 Å². The largest absolute Gasteiger partial charge is 0.494 e. The van der Waals surface area contributed by atoms with E-state index in [-0.39, 0.29) is 0 Å². The van der Waals surface area contributed by atoms with Gasteiger partial charge >= 0.3 is 5.97 Å².